The Hall–Kier alpha value is -0.910. The monoisotopic (exact) mass is 343 g/mol. The van der Waals surface area contributed by atoms with Crippen LogP contribution in [0.2, 0.25) is 4.34 Å². The van der Waals surface area contributed by atoms with Crippen LogP contribution in [0.1, 0.15) is 27.9 Å². The number of thiazole rings is 1. The van der Waals surface area contributed by atoms with E-state index in [1.54, 1.807) is 18.3 Å². The van der Waals surface area contributed by atoms with E-state index in [2.05, 4.69) is 20.9 Å². The number of aromatic nitrogens is 1. The molecule has 1 aliphatic heterocycles. The van der Waals surface area contributed by atoms with Crippen molar-refractivity contribution in [1.82, 2.24) is 4.98 Å². The van der Waals surface area contributed by atoms with Crippen LogP contribution in [0.3, 0.4) is 0 Å². The lowest BCUT2D eigenvalue weighted by molar-refractivity contribution is 0.0849. The van der Waals surface area contributed by atoms with E-state index in [1.165, 1.54) is 11.3 Å². The molecular weight excluding hydrogens is 338 g/mol. The van der Waals surface area contributed by atoms with Crippen molar-refractivity contribution in [3.05, 3.63) is 43.8 Å². The summed E-state index contributed by atoms with van der Waals surface area (Å²) >= 11 is 10.5. The van der Waals surface area contributed by atoms with Gasteiger partial charge in [0.2, 0.25) is 0 Å². The molecule has 1 unspecified atom stereocenters. The highest BCUT2D eigenvalue weighted by molar-refractivity contribution is 9.10. The Balaban J connectivity index is 1.96. The summed E-state index contributed by atoms with van der Waals surface area (Å²) in [5, 5.41) is 0.738. The van der Waals surface area contributed by atoms with Gasteiger partial charge in [-0.2, -0.15) is 0 Å². The normalized spacial score (nSPS) is 18.3. The number of halogens is 2. The molecule has 0 spiro atoms. The van der Waals surface area contributed by atoms with Gasteiger partial charge >= 0.3 is 0 Å². The molecule has 2 aromatic rings. The van der Waals surface area contributed by atoms with Gasteiger partial charge in [-0.1, -0.05) is 27.5 Å². The quantitative estimate of drug-likeness (QED) is 0.775. The molecule has 0 N–H and O–H groups in total. The van der Waals surface area contributed by atoms with Crippen LogP contribution in [0.25, 0.3) is 0 Å². The van der Waals surface area contributed by atoms with Gasteiger partial charge in [-0.3, -0.25) is 4.79 Å². The van der Waals surface area contributed by atoms with E-state index in [4.69, 9.17) is 16.3 Å². The molecule has 1 aromatic carbocycles. The van der Waals surface area contributed by atoms with E-state index >= 15 is 0 Å². The number of ketones is 1. The first kappa shape index (κ1) is 12.1. The Morgan fingerprint density at radius 1 is 1.50 bits per heavy atom. The summed E-state index contributed by atoms with van der Waals surface area (Å²) in [4.78, 5) is 16.2. The number of carbonyl (C=O) groups is 1. The predicted octanol–water partition coefficient (Wildman–Crippen LogP) is 4.27. The van der Waals surface area contributed by atoms with Gasteiger partial charge in [-0.05, 0) is 18.2 Å². The van der Waals surface area contributed by atoms with Gasteiger partial charge in [0.05, 0.1) is 18.2 Å². The molecule has 0 aliphatic carbocycles. The summed E-state index contributed by atoms with van der Waals surface area (Å²) in [7, 11) is 0. The summed E-state index contributed by atoms with van der Waals surface area (Å²) < 4.78 is 7.27. The fourth-order valence-electron chi connectivity index (χ4n) is 1.85. The Morgan fingerprint density at radius 2 is 2.33 bits per heavy atom. The molecule has 0 amide bonds. The number of benzene rings is 1. The second kappa shape index (κ2) is 4.64. The number of nitrogens with zero attached hydrogens (tertiary/aromatic N) is 1. The van der Waals surface area contributed by atoms with E-state index in [9.17, 15) is 4.79 Å². The molecule has 0 bridgehead atoms. The summed E-state index contributed by atoms with van der Waals surface area (Å²) in [6.07, 6.45) is 1.54. The van der Waals surface area contributed by atoms with Gasteiger partial charge in [-0.15, -0.1) is 11.3 Å². The molecule has 3 rings (SSSR count). The average Bonchev–Trinajstić information content (AvgIpc) is 2.77. The fourth-order valence-corrected chi connectivity index (χ4v) is 3.17. The Labute approximate surface area is 121 Å². The number of Topliss-reactive ketones (excluding diaryl/α,β-unsaturated/α-hetero) is 1. The van der Waals surface area contributed by atoms with Crippen LogP contribution in [-0.4, -0.2) is 10.8 Å². The lowest BCUT2D eigenvalue weighted by Crippen LogP contribution is -2.20. The van der Waals surface area contributed by atoms with Gasteiger partial charge < -0.3 is 4.74 Å². The maximum Gasteiger partial charge on any atom is 0.170 e. The summed E-state index contributed by atoms with van der Waals surface area (Å²) in [5.41, 5.74) is 0.614. The van der Waals surface area contributed by atoms with Crippen molar-refractivity contribution in [3.63, 3.8) is 0 Å². The zero-order valence-corrected chi connectivity index (χ0v) is 12.2. The molecule has 92 valence electrons. The zero-order chi connectivity index (χ0) is 12.7. The third kappa shape index (κ3) is 2.18. The first-order valence-corrected chi connectivity index (χ1v) is 7.23. The highest BCUT2D eigenvalue weighted by Crippen LogP contribution is 2.37. The van der Waals surface area contributed by atoms with Crippen molar-refractivity contribution in [2.45, 2.75) is 12.5 Å². The number of fused-ring (bicyclic) bond motifs is 1. The summed E-state index contributed by atoms with van der Waals surface area (Å²) in [5.74, 6) is 0.666. The average molecular weight is 345 g/mol. The molecule has 6 heteroatoms. The molecular formula is C12H7BrClNO2S. The molecule has 0 saturated heterocycles. The van der Waals surface area contributed by atoms with E-state index in [0.29, 0.717) is 22.1 Å². The van der Waals surface area contributed by atoms with Crippen molar-refractivity contribution in [2.75, 3.05) is 0 Å². The minimum Gasteiger partial charge on any atom is -0.482 e. The van der Waals surface area contributed by atoms with Crippen LogP contribution in [0.4, 0.5) is 0 Å². The van der Waals surface area contributed by atoms with E-state index in [0.717, 1.165) is 9.48 Å². The van der Waals surface area contributed by atoms with Gasteiger partial charge in [0.25, 0.3) is 0 Å². The van der Waals surface area contributed by atoms with Gasteiger partial charge in [-0.25, -0.2) is 4.98 Å². The van der Waals surface area contributed by atoms with E-state index in [1.807, 2.05) is 6.07 Å². The smallest absolute Gasteiger partial charge is 0.170 e. The zero-order valence-electron chi connectivity index (χ0n) is 9.02. The second-order valence-electron chi connectivity index (χ2n) is 3.88. The maximum atomic E-state index is 12.1. The first-order valence-electron chi connectivity index (χ1n) is 5.24. The lowest BCUT2D eigenvalue weighted by Gasteiger charge is -2.23. The number of hydrogen-bond acceptors (Lipinski definition) is 4. The molecule has 1 aliphatic rings. The fraction of sp³-hybridized carbons (Fsp3) is 0.167. The SMILES string of the molecule is O=C1CC(c2ncc(Cl)s2)Oc2ccc(Br)cc21. The van der Waals surface area contributed by atoms with Crippen molar-refractivity contribution in [3.8, 4) is 5.75 Å². The first-order chi connectivity index (χ1) is 8.63. The largest absolute Gasteiger partial charge is 0.482 e. The topological polar surface area (TPSA) is 39.2 Å². The van der Waals surface area contributed by atoms with Crippen molar-refractivity contribution in [1.29, 1.82) is 0 Å². The Bertz CT molecular complexity index is 628. The Morgan fingerprint density at radius 3 is 3.06 bits per heavy atom. The van der Waals surface area contributed by atoms with Crippen LogP contribution in [-0.2, 0) is 0 Å². The van der Waals surface area contributed by atoms with Gasteiger partial charge in [0, 0.05) is 4.47 Å². The molecule has 0 saturated carbocycles. The number of ether oxygens (including phenoxy) is 1. The number of hydrogen-bond donors (Lipinski definition) is 0. The molecule has 18 heavy (non-hydrogen) atoms. The molecule has 2 heterocycles. The molecule has 3 nitrogen and oxygen atoms in total. The lowest BCUT2D eigenvalue weighted by atomic mass is 10.0. The van der Waals surface area contributed by atoms with Gasteiger partial charge in [0.1, 0.15) is 15.1 Å². The van der Waals surface area contributed by atoms with Crippen LogP contribution < -0.4 is 4.74 Å². The molecule has 0 radical (unpaired) electrons. The van der Waals surface area contributed by atoms with Crippen molar-refractivity contribution >= 4 is 44.7 Å². The predicted molar refractivity (Wildman–Crippen MR) is 73.6 cm³/mol. The highest BCUT2D eigenvalue weighted by Gasteiger charge is 2.29. The molecule has 0 fully saturated rings. The summed E-state index contributed by atoms with van der Waals surface area (Å²) in [6, 6.07) is 5.42. The Kier molecular flexibility index (Phi) is 3.13. The van der Waals surface area contributed by atoms with Crippen molar-refractivity contribution < 1.29 is 9.53 Å². The van der Waals surface area contributed by atoms with Crippen LogP contribution >= 0.6 is 38.9 Å². The van der Waals surface area contributed by atoms with E-state index in [-0.39, 0.29) is 11.9 Å². The van der Waals surface area contributed by atoms with Gasteiger partial charge in [0.15, 0.2) is 11.9 Å². The third-order valence-corrected chi connectivity index (χ3v) is 4.35. The molecule has 1 atom stereocenters. The van der Waals surface area contributed by atoms with Crippen LogP contribution in [0, 0.1) is 0 Å². The third-order valence-electron chi connectivity index (χ3n) is 2.65. The minimum absolute atomic E-state index is 0.0638. The van der Waals surface area contributed by atoms with Crippen molar-refractivity contribution in [2.24, 2.45) is 0 Å². The van der Waals surface area contributed by atoms with Crippen LogP contribution in [0.15, 0.2) is 28.9 Å². The summed E-state index contributed by atoms with van der Waals surface area (Å²) in [6.45, 7) is 0. The standard InChI is InChI=1S/C12H7BrClNO2S/c13-6-1-2-9-7(3-6)8(16)4-10(17-9)12-15-5-11(14)18-12/h1-3,5,10H,4H2. The number of rotatable bonds is 1. The van der Waals surface area contributed by atoms with E-state index < -0.39 is 0 Å². The maximum absolute atomic E-state index is 12.1. The number of carbonyl (C=O) groups excluding carboxylic acids is 1. The second-order valence-corrected chi connectivity index (χ2v) is 6.49. The highest BCUT2D eigenvalue weighted by atomic mass is 79.9. The molecule has 1 aromatic heterocycles. The minimum atomic E-state index is -0.330. The van der Waals surface area contributed by atoms with Crippen LogP contribution in [0.5, 0.6) is 5.75 Å².